The molecule has 0 radical (unpaired) electrons. The molecule has 0 aromatic carbocycles. The van der Waals surface area contributed by atoms with E-state index in [0.717, 1.165) is 13.1 Å². The molecule has 1 heterocycles. The van der Waals surface area contributed by atoms with Gasteiger partial charge >= 0.3 is 0 Å². The van der Waals surface area contributed by atoms with Crippen molar-refractivity contribution in [3.05, 3.63) is 0 Å². The molecule has 1 aliphatic rings. The third-order valence-corrected chi connectivity index (χ3v) is 2.71. The Kier molecular flexibility index (Phi) is 6.95. The second-order valence-electron chi connectivity index (χ2n) is 4.57. The Morgan fingerprint density at radius 1 is 1.44 bits per heavy atom. The van der Waals surface area contributed by atoms with Crippen molar-refractivity contribution in [1.82, 2.24) is 10.2 Å². The van der Waals surface area contributed by atoms with Crippen LogP contribution in [0.5, 0.6) is 0 Å². The fourth-order valence-corrected chi connectivity index (χ4v) is 2.14. The van der Waals surface area contributed by atoms with Crippen LogP contribution in [0.15, 0.2) is 0 Å². The first kappa shape index (κ1) is 15.7. The number of rotatable bonds is 3. The number of halogens is 1. The molecular formula is C11H23ClN2O2. The highest BCUT2D eigenvalue weighted by atomic mass is 35.5. The Hall–Kier alpha value is -0.320. The minimum atomic E-state index is -0.0347. The predicted octanol–water partition coefficient (Wildman–Crippen LogP) is 0.899. The molecule has 4 nitrogen and oxygen atoms in total. The summed E-state index contributed by atoms with van der Waals surface area (Å²) in [6.45, 7) is 8.25. The largest absolute Gasteiger partial charge is 0.384 e. The second kappa shape index (κ2) is 7.09. The number of carbonyl (C=O) groups is 1. The SMILES string of the molecule is COCC(C)C(=O)N1CC(C)NC(C)C1.Cl. The highest BCUT2D eigenvalue weighted by Crippen LogP contribution is 2.09. The van der Waals surface area contributed by atoms with Crippen molar-refractivity contribution in [2.75, 3.05) is 26.8 Å². The van der Waals surface area contributed by atoms with E-state index < -0.39 is 0 Å². The van der Waals surface area contributed by atoms with Gasteiger partial charge < -0.3 is 15.0 Å². The van der Waals surface area contributed by atoms with Gasteiger partial charge in [-0.05, 0) is 13.8 Å². The zero-order valence-corrected chi connectivity index (χ0v) is 11.3. The molecule has 0 aliphatic carbocycles. The quantitative estimate of drug-likeness (QED) is 0.809. The summed E-state index contributed by atoms with van der Waals surface area (Å²) in [4.78, 5) is 13.9. The van der Waals surface area contributed by atoms with Crippen LogP contribution in [0.1, 0.15) is 20.8 Å². The molecule has 96 valence electrons. The molecule has 1 saturated heterocycles. The van der Waals surface area contributed by atoms with Gasteiger partial charge in [0, 0.05) is 32.3 Å². The minimum absolute atomic E-state index is 0. The number of amides is 1. The number of nitrogens with one attached hydrogen (secondary N) is 1. The van der Waals surface area contributed by atoms with Crippen molar-refractivity contribution in [2.24, 2.45) is 5.92 Å². The van der Waals surface area contributed by atoms with E-state index in [4.69, 9.17) is 4.74 Å². The maximum absolute atomic E-state index is 12.0. The van der Waals surface area contributed by atoms with Crippen molar-refractivity contribution in [3.8, 4) is 0 Å². The van der Waals surface area contributed by atoms with Crippen molar-refractivity contribution in [3.63, 3.8) is 0 Å². The summed E-state index contributed by atoms with van der Waals surface area (Å²) in [6.07, 6.45) is 0. The molecule has 16 heavy (non-hydrogen) atoms. The monoisotopic (exact) mass is 250 g/mol. The fraction of sp³-hybridized carbons (Fsp3) is 0.909. The van der Waals surface area contributed by atoms with Gasteiger partial charge in [-0.25, -0.2) is 0 Å². The van der Waals surface area contributed by atoms with Crippen LogP contribution in [-0.4, -0.2) is 49.7 Å². The van der Waals surface area contributed by atoms with Gasteiger partial charge in [0.1, 0.15) is 0 Å². The molecule has 0 bridgehead atoms. The molecule has 0 aromatic heterocycles. The number of carbonyl (C=O) groups excluding carboxylic acids is 1. The van der Waals surface area contributed by atoms with Gasteiger partial charge in [-0.2, -0.15) is 0 Å². The summed E-state index contributed by atoms with van der Waals surface area (Å²) < 4.78 is 5.01. The first-order valence-electron chi connectivity index (χ1n) is 5.58. The maximum atomic E-state index is 12.0. The highest BCUT2D eigenvalue weighted by Gasteiger charge is 2.27. The van der Waals surface area contributed by atoms with E-state index in [-0.39, 0.29) is 24.2 Å². The van der Waals surface area contributed by atoms with Crippen molar-refractivity contribution in [2.45, 2.75) is 32.9 Å². The van der Waals surface area contributed by atoms with E-state index in [1.807, 2.05) is 11.8 Å². The summed E-state index contributed by atoms with van der Waals surface area (Å²) in [5.41, 5.74) is 0. The summed E-state index contributed by atoms with van der Waals surface area (Å²) in [7, 11) is 1.63. The van der Waals surface area contributed by atoms with Crippen LogP contribution >= 0.6 is 12.4 Å². The summed E-state index contributed by atoms with van der Waals surface area (Å²) >= 11 is 0. The fourth-order valence-electron chi connectivity index (χ4n) is 2.14. The van der Waals surface area contributed by atoms with Crippen molar-refractivity contribution < 1.29 is 9.53 Å². The summed E-state index contributed by atoms with van der Waals surface area (Å²) in [5, 5.41) is 3.41. The number of piperazine rings is 1. The molecule has 1 amide bonds. The predicted molar refractivity (Wildman–Crippen MR) is 66.9 cm³/mol. The Bertz CT molecular complexity index is 216. The molecular weight excluding hydrogens is 228 g/mol. The van der Waals surface area contributed by atoms with Crippen LogP contribution in [0.2, 0.25) is 0 Å². The standard InChI is InChI=1S/C11H22N2O2.ClH/c1-8(7-15-4)11(14)13-5-9(2)12-10(3)6-13;/h8-10,12H,5-7H2,1-4H3;1H. The molecule has 1 fully saturated rings. The smallest absolute Gasteiger partial charge is 0.227 e. The van der Waals surface area contributed by atoms with E-state index >= 15 is 0 Å². The van der Waals surface area contributed by atoms with Gasteiger partial charge in [0.25, 0.3) is 0 Å². The molecule has 3 atom stereocenters. The summed E-state index contributed by atoms with van der Waals surface area (Å²) in [5.74, 6) is 0.171. The lowest BCUT2D eigenvalue weighted by atomic mass is 10.1. The van der Waals surface area contributed by atoms with E-state index in [0.29, 0.717) is 18.7 Å². The number of nitrogens with zero attached hydrogens (tertiary/aromatic N) is 1. The van der Waals surface area contributed by atoms with E-state index in [1.165, 1.54) is 0 Å². The van der Waals surface area contributed by atoms with E-state index in [1.54, 1.807) is 7.11 Å². The Balaban J connectivity index is 0.00000225. The lowest BCUT2D eigenvalue weighted by molar-refractivity contribution is -0.138. The van der Waals surface area contributed by atoms with Crippen LogP contribution in [-0.2, 0) is 9.53 Å². The number of hydrogen-bond donors (Lipinski definition) is 1. The average molecular weight is 251 g/mol. The van der Waals surface area contributed by atoms with E-state index in [9.17, 15) is 4.79 Å². The molecule has 1 rings (SSSR count). The zero-order chi connectivity index (χ0) is 11.4. The normalized spacial score (nSPS) is 27.1. The van der Waals surface area contributed by atoms with Crippen LogP contribution in [0.4, 0.5) is 0 Å². The second-order valence-corrected chi connectivity index (χ2v) is 4.57. The van der Waals surface area contributed by atoms with Crippen molar-refractivity contribution >= 4 is 18.3 Å². The third kappa shape index (κ3) is 4.28. The van der Waals surface area contributed by atoms with Gasteiger partial charge in [0.2, 0.25) is 5.91 Å². The van der Waals surface area contributed by atoms with Crippen LogP contribution in [0.3, 0.4) is 0 Å². The average Bonchev–Trinajstić information content (AvgIpc) is 2.15. The van der Waals surface area contributed by atoms with Crippen molar-refractivity contribution in [1.29, 1.82) is 0 Å². The van der Waals surface area contributed by atoms with E-state index in [2.05, 4.69) is 19.2 Å². The van der Waals surface area contributed by atoms with Gasteiger partial charge in [-0.15, -0.1) is 12.4 Å². The topological polar surface area (TPSA) is 41.6 Å². The number of ether oxygens (including phenoxy) is 1. The molecule has 1 N–H and O–H groups in total. The molecule has 5 heteroatoms. The first-order valence-corrected chi connectivity index (χ1v) is 5.58. The molecule has 0 spiro atoms. The number of methoxy groups -OCH3 is 1. The van der Waals surface area contributed by atoms with Gasteiger partial charge in [0.15, 0.2) is 0 Å². The molecule has 3 unspecified atom stereocenters. The van der Waals surface area contributed by atoms with Crippen LogP contribution in [0.25, 0.3) is 0 Å². The molecule has 0 saturated carbocycles. The first-order chi connectivity index (χ1) is 7.04. The lowest BCUT2D eigenvalue weighted by Crippen LogP contribution is -2.57. The Morgan fingerprint density at radius 2 is 1.94 bits per heavy atom. The van der Waals surface area contributed by atoms with Gasteiger partial charge in [0.05, 0.1) is 12.5 Å². The Morgan fingerprint density at radius 3 is 2.38 bits per heavy atom. The minimum Gasteiger partial charge on any atom is -0.384 e. The summed E-state index contributed by atoms with van der Waals surface area (Å²) in [6, 6.07) is 0.764. The molecule has 1 aliphatic heterocycles. The van der Waals surface area contributed by atoms with Crippen LogP contribution < -0.4 is 5.32 Å². The third-order valence-electron chi connectivity index (χ3n) is 2.71. The lowest BCUT2D eigenvalue weighted by Gasteiger charge is -2.37. The highest BCUT2D eigenvalue weighted by molar-refractivity contribution is 5.85. The van der Waals surface area contributed by atoms with Gasteiger partial charge in [-0.3, -0.25) is 4.79 Å². The van der Waals surface area contributed by atoms with Crippen LogP contribution in [0, 0.1) is 5.92 Å². The molecule has 0 aromatic rings. The zero-order valence-electron chi connectivity index (χ0n) is 10.5. The number of hydrogen-bond acceptors (Lipinski definition) is 3. The van der Waals surface area contributed by atoms with Gasteiger partial charge in [-0.1, -0.05) is 6.92 Å². The Labute approximate surface area is 104 Å². The maximum Gasteiger partial charge on any atom is 0.227 e.